The van der Waals surface area contributed by atoms with E-state index in [4.69, 9.17) is 10.2 Å². The van der Waals surface area contributed by atoms with E-state index < -0.39 is 0 Å². The fourth-order valence-corrected chi connectivity index (χ4v) is 1.52. The van der Waals surface area contributed by atoms with Gasteiger partial charge >= 0.3 is 0 Å². The summed E-state index contributed by atoms with van der Waals surface area (Å²) in [5, 5.41) is 9.59. The Hall–Kier alpha value is -1.81. The van der Waals surface area contributed by atoms with Crippen LogP contribution in [0.3, 0.4) is 0 Å². The summed E-state index contributed by atoms with van der Waals surface area (Å²) in [7, 11) is 0. The normalized spacial score (nSPS) is 10.6. The smallest absolute Gasteiger partial charge is 0.198 e. The topological polar surface area (TPSA) is 72.3 Å². The third-order valence-corrected chi connectivity index (χ3v) is 2.33. The molecule has 3 N–H and O–H groups in total. The summed E-state index contributed by atoms with van der Waals surface area (Å²) in [6.07, 6.45) is 2.82. The minimum atomic E-state index is 0.265. The molecule has 1 heterocycles. The number of phenolic OH excluding ortho intramolecular Hbond substituents is 1. The number of rotatable bonds is 4. The van der Waals surface area contributed by atoms with Crippen LogP contribution < -0.4 is 5.73 Å². The summed E-state index contributed by atoms with van der Waals surface area (Å²) in [5.74, 6) is 0.867. The van der Waals surface area contributed by atoms with Crippen molar-refractivity contribution in [2.45, 2.75) is 12.8 Å². The molecule has 0 unspecified atom stereocenters. The second kappa shape index (κ2) is 4.81. The molecule has 1 aromatic carbocycles. The minimum Gasteiger partial charge on any atom is -0.508 e. The monoisotopic (exact) mass is 218 g/mol. The first-order chi connectivity index (χ1) is 7.79. The van der Waals surface area contributed by atoms with E-state index in [0.29, 0.717) is 25.3 Å². The first kappa shape index (κ1) is 10.7. The standard InChI is InChI=1S/C12H14N2O2/c13-6-5-10-8-16-12(14-10)7-9-3-1-2-4-11(9)15/h1-4,8,15H,5-7,13H2. The largest absolute Gasteiger partial charge is 0.508 e. The molecule has 0 fully saturated rings. The van der Waals surface area contributed by atoms with Gasteiger partial charge < -0.3 is 15.3 Å². The van der Waals surface area contributed by atoms with Crippen LogP contribution in [0, 0.1) is 0 Å². The van der Waals surface area contributed by atoms with Crippen LogP contribution in [0.2, 0.25) is 0 Å². The van der Waals surface area contributed by atoms with E-state index in [2.05, 4.69) is 4.98 Å². The van der Waals surface area contributed by atoms with Crippen molar-refractivity contribution in [3.8, 4) is 5.75 Å². The molecule has 0 amide bonds. The van der Waals surface area contributed by atoms with Crippen molar-refractivity contribution in [3.63, 3.8) is 0 Å². The third kappa shape index (κ3) is 2.41. The highest BCUT2D eigenvalue weighted by atomic mass is 16.3. The molecule has 0 aliphatic rings. The van der Waals surface area contributed by atoms with E-state index in [9.17, 15) is 5.11 Å². The molecule has 0 aliphatic carbocycles. The molecule has 4 heteroatoms. The highest BCUT2D eigenvalue weighted by Gasteiger charge is 2.07. The average Bonchev–Trinajstić information content (AvgIpc) is 2.70. The minimum absolute atomic E-state index is 0.265. The molecular weight excluding hydrogens is 204 g/mol. The molecule has 2 rings (SSSR count). The van der Waals surface area contributed by atoms with Gasteiger partial charge in [0.1, 0.15) is 12.0 Å². The first-order valence-electron chi connectivity index (χ1n) is 5.20. The van der Waals surface area contributed by atoms with Gasteiger partial charge in [0.05, 0.1) is 12.1 Å². The molecular formula is C12H14N2O2. The Morgan fingerprint density at radius 3 is 2.88 bits per heavy atom. The maximum atomic E-state index is 9.59. The maximum absolute atomic E-state index is 9.59. The molecule has 1 aromatic heterocycles. The molecule has 0 spiro atoms. The Kier molecular flexibility index (Phi) is 3.22. The Balaban J connectivity index is 2.11. The third-order valence-electron chi connectivity index (χ3n) is 2.33. The molecule has 0 saturated heterocycles. The summed E-state index contributed by atoms with van der Waals surface area (Å²) in [6.45, 7) is 0.558. The molecule has 4 nitrogen and oxygen atoms in total. The van der Waals surface area contributed by atoms with Gasteiger partial charge in [0, 0.05) is 12.0 Å². The van der Waals surface area contributed by atoms with Gasteiger partial charge in [0.25, 0.3) is 0 Å². The van der Waals surface area contributed by atoms with Gasteiger partial charge in [0.15, 0.2) is 5.89 Å². The molecule has 0 atom stereocenters. The lowest BCUT2D eigenvalue weighted by Gasteiger charge is -1.99. The number of oxazole rings is 1. The number of nitrogens with two attached hydrogens (primary N) is 1. The second-order valence-electron chi connectivity index (χ2n) is 3.58. The summed E-state index contributed by atoms with van der Waals surface area (Å²) in [5.41, 5.74) is 7.09. The average molecular weight is 218 g/mol. The van der Waals surface area contributed by atoms with Crippen LogP contribution in [-0.4, -0.2) is 16.6 Å². The van der Waals surface area contributed by atoms with Crippen LogP contribution in [0.4, 0.5) is 0 Å². The summed E-state index contributed by atoms with van der Waals surface area (Å²) < 4.78 is 5.30. The lowest BCUT2D eigenvalue weighted by atomic mass is 10.1. The van der Waals surface area contributed by atoms with Gasteiger partial charge in [-0.1, -0.05) is 18.2 Å². The number of hydrogen-bond acceptors (Lipinski definition) is 4. The SMILES string of the molecule is NCCc1coc(Cc2ccccc2O)n1. The van der Waals surface area contributed by atoms with Crippen LogP contribution in [0.15, 0.2) is 34.9 Å². The lowest BCUT2D eigenvalue weighted by Crippen LogP contribution is -2.02. The van der Waals surface area contributed by atoms with E-state index in [1.54, 1.807) is 18.4 Å². The second-order valence-corrected chi connectivity index (χ2v) is 3.58. The van der Waals surface area contributed by atoms with E-state index in [1.165, 1.54) is 0 Å². The van der Waals surface area contributed by atoms with E-state index in [0.717, 1.165) is 11.3 Å². The van der Waals surface area contributed by atoms with Crippen molar-refractivity contribution in [1.29, 1.82) is 0 Å². The van der Waals surface area contributed by atoms with Crippen molar-refractivity contribution in [2.75, 3.05) is 6.54 Å². The number of benzene rings is 1. The predicted octanol–water partition coefficient (Wildman–Crippen LogP) is 1.47. The molecule has 0 radical (unpaired) electrons. The highest BCUT2D eigenvalue weighted by molar-refractivity contribution is 5.33. The zero-order valence-electron chi connectivity index (χ0n) is 8.89. The van der Waals surface area contributed by atoms with Crippen LogP contribution in [-0.2, 0) is 12.8 Å². The Morgan fingerprint density at radius 2 is 2.12 bits per heavy atom. The van der Waals surface area contributed by atoms with Crippen molar-refractivity contribution in [1.82, 2.24) is 4.98 Å². The van der Waals surface area contributed by atoms with Gasteiger partial charge in [-0.25, -0.2) is 4.98 Å². The molecule has 84 valence electrons. The maximum Gasteiger partial charge on any atom is 0.198 e. The molecule has 2 aromatic rings. The van der Waals surface area contributed by atoms with Gasteiger partial charge in [-0.15, -0.1) is 0 Å². The number of nitrogens with zero attached hydrogens (tertiary/aromatic N) is 1. The number of hydrogen-bond donors (Lipinski definition) is 2. The quantitative estimate of drug-likeness (QED) is 0.815. The van der Waals surface area contributed by atoms with E-state index in [1.807, 2.05) is 12.1 Å². The number of aromatic hydroxyl groups is 1. The molecule has 16 heavy (non-hydrogen) atoms. The van der Waals surface area contributed by atoms with Gasteiger partial charge in [0.2, 0.25) is 0 Å². The Bertz CT molecular complexity index is 466. The first-order valence-corrected chi connectivity index (χ1v) is 5.20. The zero-order valence-corrected chi connectivity index (χ0v) is 8.89. The fraction of sp³-hybridized carbons (Fsp3) is 0.250. The lowest BCUT2D eigenvalue weighted by molar-refractivity contribution is 0.461. The number of aromatic nitrogens is 1. The Morgan fingerprint density at radius 1 is 1.31 bits per heavy atom. The molecule has 0 aliphatic heterocycles. The zero-order chi connectivity index (χ0) is 11.4. The van der Waals surface area contributed by atoms with E-state index in [-0.39, 0.29) is 5.75 Å². The van der Waals surface area contributed by atoms with Gasteiger partial charge in [-0.2, -0.15) is 0 Å². The summed E-state index contributed by atoms with van der Waals surface area (Å²) in [6, 6.07) is 7.16. The summed E-state index contributed by atoms with van der Waals surface area (Å²) >= 11 is 0. The molecule has 0 bridgehead atoms. The molecule has 0 saturated carbocycles. The van der Waals surface area contributed by atoms with Gasteiger partial charge in [-0.3, -0.25) is 0 Å². The van der Waals surface area contributed by atoms with Crippen molar-refractivity contribution in [3.05, 3.63) is 47.7 Å². The number of phenols is 1. The highest BCUT2D eigenvalue weighted by Crippen LogP contribution is 2.19. The predicted molar refractivity (Wildman–Crippen MR) is 60.2 cm³/mol. The van der Waals surface area contributed by atoms with Crippen LogP contribution in [0.1, 0.15) is 17.1 Å². The van der Waals surface area contributed by atoms with Crippen LogP contribution >= 0.6 is 0 Å². The van der Waals surface area contributed by atoms with Crippen molar-refractivity contribution < 1.29 is 9.52 Å². The fourth-order valence-electron chi connectivity index (χ4n) is 1.52. The van der Waals surface area contributed by atoms with Crippen LogP contribution in [0.25, 0.3) is 0 Å². The Labute approximate surface area is 93.7 Å². The van der Waals surface area contributed by atoms with Crippen molar-refractivity contribution >= 4 is 0 Å². The van der Waals surface area contributed by atoms with E-state index >= 15 is 0 Å². The summed E-state index contributed by atoms with van der Waals surface area (Å²) in [4.78, 5) is 4.28. The van der Waals surface area contributed by atoms with Crippen LogP contribution in [0.5, 0.6) is 5.75 Å². The van der Waals surface area contributed by atoms with Crippen molar-refractivity contribution in [2.24, 2.45) is 5.73 Å². The number of para-hydroxylation sites is 1. The van der Waals surface area contributed by atoms with Gasteiger partial charge in [-0.05, 0) is 12.6 Å².